The number of amides is 1. The third-order valence-electron chi connectivity index (χ3n) is 4.38. The summed E-state index contributed by atoms with van der Waals surface area (Å²) in [6, 6.07) is 10.5. The first kappa shape index (κ1) is 18.1. The number of halogens is 2. The van der Waals surface area contributed by atoms with Crippen molar-refractivity contribution in [2.24, 2.45) is 0 Å². The molecular weight excluding hydrogens is 361 g/mol. The minimum atomic E-state index is -0.451. The number of nitro groups is 1. The lowest BCUT2D eigenvalue weighted by molar-refractivity contribution is -0.384. The van der Waals surface area contributed by atoms with Crippen molar-refractivity contribution in [1.82, 2.24) is 4.90 Å². The number of nitro benzene ring substituents is 1. The maximum atomic E-state index is 12.9. The number of carbonyl (C=O) groups excluding carboxylic acids is 1. The lowest BCUT2D eigenvalue weighted by atomic mass is 10.1. The Morgan fingerprint density at radius 3 is 2.38 bits per heavy atom. The SMILES string of the molecule is O=C(Cc1ccc(F)cc1)N1CCN(c2ccc(Cl)cc2[N+](=O)[O-])CC1. The Kier molecular flexibility index (Phi) is 5.37. The van der Waals surface area contributed by atoms with Crippen LogP contribution in [0.4, 0.5) is 15.8 Å². The van der Waals surface area contributed by atoms with Crippen LogP contribution in [0.25, 0.3) is 0 Å². The number of nitrogens with zero attached hydrogens (tertiary/aromatic N) is 3. The van der Waals surface area contributed by atoms with Crippen molar-refractivity contribution in [3.05, 3.63) is 69.0 Å². The molecule has 1 amide bonds. The van der Waals surface area contributed by atoms with Crippen LogP contribution in [0.3, 0.4) is 0 Å². The predicted molar refractivity (Wildman–Crippen MR) is 97.0 cm³/mol. The van der Waals surface area contributed by atoms with Crippen LogP contribution < -0.4 is 4.90 Å². The number of piperazine rings is 1. The summed E-state index contributed by atoms with van der Waals surface area (Å²) in [5.74, 6) is -0.374. The van der Waals surface area contributed by atoms with Crippen LogP contribution >= 0.6 is 11.6 Å². The van der Waals surface area contributed by atoms with E-state index in [1.165, 1.54) is 18.2 Å². The van der Waals surface area contributed by atoms with Gasteiger partial charge in [0.25, 0.3) is 5.69 Å². The second kappa shape index (κ2) is 7.70. The fourth-order valence-corrected chi connectivity index (χ4v) is 3.16. The molecule has 8 heteroatoms. The zero-order valence-electron chi connectivity index (χ0n) is 13.9. The first-order valence-electron chi connectivity index (χ1n) is 8.15. The van der Waals surface area contributed by atoms with Crippen LogP contribution in [0.15, 0.2) is 42.5 Å². The fourth-order valence-electron chi connectivity index (χ4n) is 3.00. The van der Waals surface area contributed by atoms with E-state index in [-0.39, 0.29) is 23.8 Å². The number of carbonyl (C=O) groups is 1. The van der Waals surface area contributed by atoms with Gasteiger partial charge in [0.05, 0.1) is 11.3 Å². The average Bonchev–Trinajstić information content (AvgIpc) is 2.63. The summed E-state index contributed by atoms with van der Waals surface area (Å²) in [7, 11) is 0. The molecule has 0 radical (unpaired) electrons. The Balaban J connectivity index is 1.63. The van der Waals surface area contributed by atoms with Crippen LogP contribution in [0.2, 0.25) is 5.02 Å². The molecule has 0 atom stereocenters. The van der Waals surface area contributed by atoms with Crippen molar-refractivity contribution in [1.29, 1.82) is 0 Å². The summed E-state index contributed by atoms with van der Waals surface area (Å²) >= 11 is 5.85. The van der Waals surface area contributed by atoms with Crippen LogP contribution in [-0.4, -0.2) is 41.9 Å². The second-order valence-corrected chi connectivity index (χ2v) is 6.50. The molecule has 0 aromatic heterocycles. The molecule has 2 aromatic rings. The van der Waals surface area contributed by atoms with Crippen molar-refractivity contribution in [3.63, 3.8) is 0 Å². The molecule has 0 unspecified atom stereocenters. The van der Waals surface area contributed by atoms with Gasteiger partial charge in [0.2, 0.25) is 5.91 Å². The number of rotatable bonds is 4. The van der Waals surface area contributed by atoms with Crippen molar-refractivity contribution in [2.75, 3.05) is 31.1 Å². The molecule has 1 aliphatic rings. The standard InChI is InChI=1S/C18H17ClFN3O3/c19-14-3-6-16(17(12-14)23(25)26)21-7-9-22(10-8-21)18(24)11-13-1-4-15(20)5-2-13/h1-6,12H,7-11H2. The first-order valence-corrected chi connectivity index (χ1v) is 8.53. The van der Waals surface area contributed by atoms with E-state index in [0.29, 0.717) is 36.9 Å². The predicted octanol–water partition coefficient (Wildman–Crippen LogP) is 3.28. The summed E-state index contributed by atoms with van der Waals surface area (Å²) in [5.41, 5.74) is 1.22. The molecule has 136 valence electrons. The van der Waals surface area contributed by atoms with E-state index in [2.05, 4.69) is 0 Å². The maximum absolute atomic E-state index is 12.9. The molecule has 6 nitrogen and oxygen atoms in total. The molecule has 1 heterocycles. The third kappa shape index (κ3) is 4.11. The normalized spacial score (nSPS) is 14.4. The largest absolute Gasteiger partial charge is 0.362 e. The summed E-state index contributed by atoms with van der Waals surface area (Å²) in [6.07, 6.45) is 0.210. The Morgan fingerprint density at radius 1 is 1.12 bits per heavy atom. The van der Waals surface area contributed by atoms with Gasteiger partial charge in [0, 0.05) is 37.3 Å². The second-order valence-electron chi connectivity index (χ2n) is 6.06. The molecule has 1 saturated heterocycles. The topological polar surface area (TPSA) is 66.7 Å². The van der Waals surface area contributed by atoms with E-state index in [0.717, 1.165) is 5.56 Å². The summed E-state index contributed by atoms with van der Waals surface area (Å²) in [5, 5.41) is 11.6. The quantitative estimate of drug-likeness (QED) is 0.605. The first-order chi connectivity index (χ1) is 12.4. The lowest BCUT2D eigenvalue weighted by Crippen LogP contribution is -2.49. The summed E-state index contributed by atoms with van der Waals surface area (Å²) in [6.45, 7) is 1.94. The maximum Gasteiger partial charge on any atom is 0.294 e. The number of hydrogen-bond donors (Lipinski definition) is 0. The van der Waals surface area contributed by atoms with Gasteiger partial charge in [0.15, 0.2) is 0 Å². The van der Waals surface area contributed by atoms with Gasteiger partial charge in [-0.15, -0.1) is 0 Å². The highest BCUT2D eigenvalue weighted by Gasteiger charge is 2.26. The van der Waals surface area contributed by atoms with Gasteiger partial charge in [-0.2, -0.15) is 0 Å². The zero-order valence-corrected chi connectivity index (χ0v) is 14.7. The Bertz CT molecular complexity index is 821. The van der Waals surface area contributed by atoms with E-state index in [4.69, 9.17) is 11.6 Å². The molecule has 0 spiro atoms. The fraction of sp³-hybridized carbons (Fsp3) is 0.278. The lowest BCUT2D eigenvalue weighted by Gasteiger charge is -2.36. The van der Waals surface area contributed by atoms with E-state index in [1.54, 1.807) is 29.2 Å². The molecule has 1 fully saturated rings. The average molecular weight is 378 g/mol. The van der Waals surface area contributed by atoms with Gasteiger partial charge < -0.3 is 9.80 Å². The minimum absolute atomic E-state index is 0.0383. The van der Waals surface area contributed by atoms with E-state index >= 15 is 0 Å². The third-order valence-corrected chi connectivity index (χ3v) is 4.61. The molecule has 3 rings (SSSR count). The van der Waals surface area contributed by atoms with Gasteiger partial charge in [0.1, 0.15) is 11.5 Å². The van der Waals surface area contributed by atoms with Gasteiger partial charge in [-0.1, -0.05) is 23.7 Å². The molecule has 0 aliphatic carbocycles. The van der Waals surface area contributed by atoms with Crippen LogP contribution in [0, 0.1) is 15.9 Å². The van der Waals surface area contributed by atoms with E-state index in [9.17, 15) is 19.3 Å². The highest BCUT2D eigenvalue weighted by Crippen LogP contribution is 2.31. The molecule has 2 aromatic carbocycles. The van der Waals surface area contributed by atoms with Gasteiger partial charge >= 0.3 is 0 Å². The Morgan fingerprint density at radius 2 is 1.77 bits per heavy atom. The molecule has 0 bridgehead atoms. The number of hydrogen-bond acceptors (Lipinski definition) is 4. The monoisotopic (exact) mass is 377 g/mol. The molecule has 0 N–H and O–H groups in total. The Hall–Kier alpha value is -2.67. The number of anilines is 1. The summed E-state index contributed by atoms with van der Waals surface area (Å²) < 4.78 is 12.9. The molecule has 0 saturated carbocycles. The van der Waals surface area contributed by atoms with E-state index < -0.39 is 4.92 Å². The van der Waals surface area contributed by atoms with Gasteiger partial charge in [-0.3, -0.25) is 14.9 Å². The smallest absolute Gasteiger partial charge is 0.294 e. The van der Waals surface area contributed by atoms with Crippen molar-refractivity contribution in [2.45, 2.75) is 6.42 Å². The minimum Gasteiger partial charge on any atom is -0.362 e. The summed E-state index contributed by atoms with van der Waals surface area (Å²) in [4.78, 5) is 26.8. The van der Waals surface area contributed by atoms with E-state index in [1.807, 2.05) is 4.90 Å². The highest BCUT2D eigenvalue weighted by atomic mass is 35.5. The Labute approximate surface area is 154 Å². The molecule has 1 aliphatic heterocycles. The highest BCUT2D eigenvalue weighted by molar-refractivity contribution is 6.30. The van der Waals surface area contributed by atoms with Crippen molar-refractivity contribution >= 4 is 28.9 Å². The van der Waals surface area contributed by atoms with Crippen LogP contribution in [0.5, 0.6) is 0 Å². The van der Waals surface area contributed by atoms with Crippen molar-refractivity contribution < 1.29 is 14.1 Å². The number of benzene rings is 2. The van der Waals surface area contributed by atoms with Crippen molar-refractivity contribution in [3.8, 4) is 0 Å². The van der Waals surface area contributed by atoms with Gasteiger partial charge in [-0.05, 0) is 29.8 Å². The zero-order chi connectivity index (χ0) is 18.7. The molecule has 26 heavy (non-hydrogen) atoms. The molecular formula is C18H17ClFN3O3. The van der Waals surface area contributed by atoms with Gasteiger partial charge in [-0.25, -0.2) is 4.39 Å². The van der Waals surface area contributed by atoms with Crippen LogP contribution in [-0.2, 0) is 11.2 Å². The van der Waals surface area contributed by atoms with Crippen LogP contribution in [0.1, 0.15) is 5.56 Å².